The van der Waals surface area contributed by atoms with Gasteiger partial charge in [-0.15, -0.1) is 11.6 Å². The molecule has 2 aromatic rings. The number of carbonyl (C=O) groups is 1. The third-order valence-corrected chi connectivity index (χ3v) is 3.70. The van der Waals surface area contributed by atoms with Gasteiger partial charge in [0.1, 0.15) is 0 Å². The monoisotopic (exact) mass is 305 g/mol. The number of aryl methyl sites for hydroxylation is 2. The number of amides is 1. The van der Waals surface area contributed by atoms with E-state index in [0.29, 0.717) is 11.4 Å². The van der Waals surface area contributed by atoms with Crippen molar-refractivity contribution in [1.82, 2.24) is 15.1 Å². The summed E-state index contributed by atoms with van der Waals surface area (Å²) >= 11 is 5.99. The summed E-state index contributed by atoms with van der Waals surface area (Å²) in [6.45, 7) is 1.99. The Kier molecular flexibility index (Phi) is 5.39. The van der Waals surface area contributed by atoms with Crippen LogP contribution in [0.25, 0.3) is 0 Å². The van der Waals surface area contributed by atoms with E-state index >= 15 is 0 Å². The Bertz CT molecular complexity index is 595. The summed E-state index contributed by atoms with van der Waals surface area (Å²) in [6, 6.07) is 9.92. The molecule has 0 aliphatic carbocycles. The van der Waals surface area contributed by atoms with Gasteiger partial charge < -0.3 is 5.32 Å². The molecule has 0 fully saturated rings. The molecule has 2 rings (SSSR count). The lowest BCUT2D eigenvalue weighted by Crippen LogP contribution is -2.38. The molecule has 1 unspecified atom stereocenters. The van der Waals surface area contributed by atoms with Crippen molar-refractivity contribution in [3.63, 3.8) is 0 Å². The minimum atomic E-state index is -0.110. The number of nitrogens with one attached hydrogen (secondary N) is 1. The summed E-state index contributed by atoms with van der Waals surface area (Å²) in [6.07, 6.45) is 3.20. The minimum Gasteiger partial charge on any atom is -0.348 e. The summed E-state index contributed by atoms with van der Waals surface area (Å²) in [5.41, 5.74) is 2.59. The Hall–Kier alpha value is -1.81. The molecule has 0 spiro atoms. The minimum absolute atomic E-state index is 0.0912. The Morgan fingerprint density at radius 1 is 1.38 bits per heavy atom. The van der Waals surface area contributed by atoms with Gasteiger partial charge in [0.15, 0.2) is 0 Å². The highest BCUT2D eigenvalue weighted by Gasteiger charge is 2.18. The van der Waals surface area contributed by atoms with E-state index in [0.717, 1.165) is 24.1 Å². The van der Waals surface area contributed by atoms with Crippen molar-refractivity contribution < 1.29 is 4.79 Å². The van der Waals surface area contributed by atoms with Gasteiger partial charge in [-0.05, 0) is 18.4 Å². The van der Waals surface area contributed by atoms with Crippen LogP contribution in [-0.2, 0) is 19.9 Å². The van der Waals surface area contributed by atoms with E-state index in [-0.39, 0.29) is 11.9 Å². The number of alkyl halides is 1. The number of hydrogen-bond acceptors (Lipinski definition) is 2. The van der Waals surface area contributed by atoms with Gasteiger partial charge in [0.05, 0.1) is 11.3 Å². The van der Waals surface area contributed by atoms with Gasteiger partial charge in [-0.2, -0.15) is 5.10 Å². The van der Waals surface area contributed by atoms with Crippen LogP contribution in [0.1, 0.15) is 28.5 Å². The lowest BCUT2D eigenvalue weighted by Gasteiger charge is -2.16. The molecule has 0 radical (unpaired) electrons. The fraction of sp³-hybridized carbons (Fsp3) is 0.375. The van der Waals surface area contributed by atoms with Gasteiger partial charge in [-0.1, -0.05) is 37.3 Å². The van der Waals surface area contributed by atoms with Gasteiger partial charge in [-0.3, -0.25) is 9.48 Å². The Morgan fingerprint density at radius 2 is 2.10 bits per heavy atom. The van der Waals surface area contributed by atoms with Crippen LogP contribution in [-0.4, -0.2) is 27.6 Å². The molecule has 112 valence electrons. The van der Waals surface area contributed by atoms with Gasteiger partial charge >= 0.3 is 0 Å². The van der Waals surface area contributed by atoms with Crippen LogP contribution in [0.5, 0.6) is 0 Å². The molecular weight excluding hydrogens is 286 g/mol. The van der Waals surface area contributed by atoms with E-state index in [9.17, 15) is 4.79 Å². The summed E-state index contributed by atoms with van der Waals surface area (Å²) in [5, 5.41) is 7.29. The predicted molar refractivity (Wildman–Crippen MR) is 84.7 cm³/mol. The standard InChI is InChI=1S/C16H20ClN3O/c1-3-15-14(11-20(2)19-15)16(21)18-13(10-17)9-12-7-5-4-6-8-12/h4-8,11,13H,3,9-10H2,1-2H3,(H,18,21). The first-order chi connectivity index (χ1) is 10.1. The number of carbonyl (C=O) groups excluding carboxylic acids is 1. The SMILES string of the molecule is CCc1nn(C)cc1C(=O)NC(CCl)Cc1ccccc1. The quantitative estimate of drug-likeness (QED) is 0.834. The van der Waals surface area contributed by atoms with E-state index < -0.39 is 0 Å². The van der Waals surface area contributed by atoms with Crippen molar-refractivity contribution in [3.8, 4) is 0 Å². The summed E-state index contributed by atoms with van der Waals surface area (Å²) < 4.78 is 1.67. The Balaban J connectivity index is 2.05. The van der Waals surface area contributed by atoms with Crippen molar-refractivity contribution in [1.29, 1.82) is 0 Å². The summed E-state index contributed by atoms with van der Waals surface area (Å²) in [5.74, 6) is 0.268. The largest absolute Gasteiger partial charge is 0.348 e. The average Bonchev–Trinajstić information content (AvgIpc) is 2.88. The molecule has 1 amide bonds. The fourth-order valence-corrected chi connectivity index (χ4v) is 2.48. The summed E-state index contributed by atoms with van der Waals surface area (Å²) in [7, 11) is 1.82. The molecule has 4 nitrogen and oxygen atoms in total. The molecular formula is C16H20ClN3O. The van der Waals surface area contributed by atoms with E-state index in [1.807, 2.05) is 44.3 Å². The highest BCUT2D eigenvalue weighted by atomic mass is 35.5. The molecule has 21 heavy (non-hydrogen) atoms. The van der Waals surface area contributed by atoms with E-state index in [4.69, 9.17) is 11.6 Å². The van der Waals surface area contributed by atoms with Crippen molar-refractivity contribution in [2.24, 2.45) is 7.05 Å². The number of aromatic nitrogens is 2. The van der Waals surface area contributed by atoms with Crippen LogP contribution in [0.3, 0.4) is 0 Å². The second kappa shape index (κ2) is 7.27. The smallest absolute Gasteiger partial charge is 0.255 e. The van der Waals surface area contributed by atoms with Crippen molar-refractivity contribution in [2.45, 2.75) is 25.8 Å². The fourth-order valence-electron chi connectivity index (χ4n) is 2.29. The Morgan fingerprint density at radius 3 is 2.71 bits per heavy atom. The van der Waals surface area contributed by atoms with Gasteiger partial charge in [0.25, 0.3) is 5.91 Å². The topological polar surface area (TPSA) is 46.9 Å². The van der Waals surface area contributed by atoms with E-state index in [2.05, 4.69) is 10.4 Å². The predicted octanol–water partition coefficient (Wildman–Crippen LogP) is 2.56. The summed E-state index contributed by atoms with van der Waals surface area (Å²) in [4.78, 5) is 12.4. The van der Waals surface area contributed by atoms with Crippen LogP contribution in [0.2, 0.25) is 0 Å². The van der Waals surface area contributed by atoms with Crippen molar-refractivity contribution in [2.75, 3.05) is 5.88 Å². The van der Waals surface area contributed by atoms with Crippen LogP contribution >= 0.6 is 11.6 Å². The molecule has 0 saturated heterocycles. The Labute approximate surface area is 130 Å². The first-order valence-electron chi connectivity index (χ1n) is 7.07. The molecule has 0 aliphatic rings. The van der Waals surface area contributed by atoms with Crippen LogP contribution in [0, 0.1) is 0 Å². The molecule has 0 bridgehead atoms. The van der Waals surface area contributed by atoms with Gasteiger partial charge in [-0.25, -0.2) is 0 Å². The lowest BCUT2D eigenvalue weighted by molar-refractivity contribution is 0.0939. The maximum absolute atomic E-state index is 12.4. The number of benzene rings is 1. The molecule has 5 heteroatoms. The number of halogens is 1. The normalized spacial score (nSPS) is 12.1. The highest BCUT2D eigenvalue weighted by Crippen LogP contribution is 2.09. The van der Waals surface area contributed by atoms with Crippen molar-refractivity contribution >= 4 is 17.5 Å². The van der Waals surface area contributed by atoms with Crippen molar-refractivity contribution in [3.05, 3.63) is 53.3 Å². The maximum atomic E-state index is 12.4. The third-order valence-electron chi connectivity index (χ3n) is 3.33. The van der Waals surface area contributed by atoms with Crippen LogP contribution < -0.4 is 5.32 Å². The van der Waals surface area contributed by atoms with E-state index in [1.54, 1.807) is 10.9 Å². The average molecular weight is 306 g/mol. The third kappa shape index (κ3) is 4.08. The molecule has 0 aliphatic heterocycles. The molecule has 1 N–H and O–H groups in total. The maximum Gasteiger partial charge on any atom is 0.255 e. The number of hydrogen-bond donors (Lipinski definition) is 1. The number of rotatable bonds is 6. The zero-order valence-electron chi connectivity index (χ0n) is 12.3. The molecule has 1 heterocycles. The molecule has 1 aromatic heterocycles. The van der Waals surface area contributed by atoms with Gasteiger partial charge in [0, 0.05) is 25.2 Å². The second-order valence-electron chi connectivity index (χ2n) is 5.03. The first-order valence-corrected chi connectivity index (χ1v) is 7.60. The highest BCUT2D eigenvalue weighted by molar-refractivity contribution is 6.18. The van der Waals surface area contributed by atoms with Crippen LogP contribution in [0.4, 0.5) is 0 Å². The van der Waals surface area contributed by atoms with Gasteiger partial charge in [0.2, 0.25) is 0 Å². The number of nitrogens with zero attached hydrogens (tertiary/aromatic N) is 2. The molecule has 0 saturated carbocycles. The molecule has 1 aromatic carbocycles. The van der Waals surface area contributed by atoms with Crippen LogP contribution in [0.15, 0.2) is 36.5 Å². The lowest BCUT2D eigenvalue weighted by atomic mass is 10.1. The molecule has 1 atom stereocenters. The zero-order valence-corrected chi connectivity index (χ0v) is 13.1. The zero-order chi connectivity index (χ0) is 15.2. The second-order valence-corrected chi connectivity index (χ2v) is 5.34. The van der Waals surface area contributed by atoms with E-state index in [1.165, 1.54) is 0 Å². The first kappa shape index (κ1) is 15.6.